The molecule has 3 nitrogen and oxygen atoms in total. The van der Waals surface area contributed by atoms with Gasteiger partial charge in [-0.25, -0.2) is 0 Å². The Bertz CT molecular complexity index is 436. The Hall–Kier alpha value is -1.35. The molecule has 1 rings (SSSR count). The maximum atomic E-state index is 12.3. The van der Waals surface area contributed by atoms with Gasteiger partial charge in [0.15, 0.2) is 0 Å². The highest BCUT2D eigenvalue weighted by molar-refractivity contribution is 5.81. The minimum Gasteiger partial charge on any atom is -0.384 e. The maximum absolute atomic E-state index is 12.3. The number of amides is 1. The SMILES string of the molecule is CC(C)CC(C)(C)C(=O)NCC(C)(O)c1ccccc1. The summed E-state index contributed by atoms with van der Waals surface area (Å²) < 4.78 is 0. The molecule has 1 unspecified atom stereocenters. The summed E-state index contributed by atoms with van der Waals surface area (Å²) in [6, 6.07) is 9.41. The second-order valence-corrected chi connectivity index (χ2v) is 6.80. The van der Waals surface area contributed by atoms with Gasteiger partial charge in [-0.3, -0.25) is 4.79 Å². The zero-order chi connectivity index (χ0) is 15.4. The van der Waals surface area contributed by atoms with Gasteiger partial charge in [0.25, 0.3) is 0 Å². The van der Waals surface area contributed by atoms with Gasteiger partial charge in [-0.2, -0.15) is 0 Å². The van der Waals surface area contributed by atoms with Crippen molar-refractivity contribution in [3.05, 3.63) is 35.9 Å². The van der Waals surface area contributed by atoms with Crippen molar-refractivity contribution in [2.45, 2.75) is 46.6 Å². The summed E-state index contributed by atoms with van der Waals surface area (Å²) in [4.78, 5) is 12.3. The van der Waals surface area contributed by atoms with E-state index in [4.69, 9.17) is 0 Å². The number of carbonyl (C=O) groups is 1. The van der Waals surface area contributed by atoms with Gasteiger partial charge in [0.05, 0.1) is 6.54 Å². The third-order valence-electron chi connectivity index (χ3n) is 3.52. The van der Waals surface area contributed by atoms with E-state index in [2.05, 4.69) is 19.2 Å². The first-order valence-electron chi connectivity index (χ1n) is 7.21. The van der Waals surface area contributed by atoms with Crippen LogP contribution in [-0.2, 0) is 10.4 Å². The van der Waals surface area contributed by atoms with Crippen molar-refractivity contribution in [1.29, 1.82) is 0 Å². The number of benzene rings is 1. The Labute approximate surface area is 122 Å². The molecule has 0 fully saturated rings. The topological polar surface area (TPSA) is 49.3 Å². The fourth-order valence-corrected chi connectivity index (χ4v) is 2.50. The summed E-state index contributed by atoms with van der Waals surface area (Å²) in [5, 5.41) is 13.3. The number of nitrogens with one attached hydrogen (secondary N) is 1. The van der Waals surface area contributed by atoms with E-state index in [1.54, 1.807) is 6.92 Å². The van der Waals surface area contributed by atoms with Crippen molar-refractivity contribution in [2.24, 2.45) is 11.3 Å². The van der Waals surface area contributed by atoms with Gasteiger partial charge in [0, 0.05) is 5.41 Å². The lowest BCUT2D eigenvalue weighted by Crippen LogP contribution is -2.44. The van der Waals surface area contributed by atoms with Gasteiger partial charge in [-0.05, 0) is 24.8 Å². The zero-order valence-electron chi connectivity index (χ0n) is 13.2. The summed E-state index contributed by atoms with van der Waals surface area (Å²) in [6.07, 6.45) is 0.826. The molecule has 0 spiro atoms. The summed E-state index contributed by atoms with van der Waals surface area (Å²) >= 11 is 0. The van der Waals surface area contributed by atoms with E-state index in [1.165, 1.54) is 0 Å². The number of aliphatic hydroxyl groups is 1. The molecule has 0 aliphatic heterocycles. The van der Waals surface area contributed by atoms with Crippen molar-refractivity contribution in [3.63, 3.8) is 0 Å². The van der Waals surface area contributed by atoms with Gasteiger partial charge in [0.2, 0.25) is 5.91 Å². The van der Waals surface area contributed by atoms with E-state index in [-0.39, 0.29) is 12.5 Å². The number of hydrogen-bond donors (Lipinski definition) is 2. The molecule has 3 heteroatoms. The second-order valence-electron chi connectivity index (χ2n) is 6.80. The van der Waals surface area contributed by atoms with Crippen LogP contribution in [0.4, 0.5) is 0 Å². The van der Waals surface area contributed by atoms with Gasteiger partial charge < -0.3 is 10.4 Å². The summed E-state index contributed by atoms with van der Waals surface area (Å²) in [6.45, 7) is 10.0. The van der Waals surface area contributed by atoms with Gasteiger partial charge in [0.1, 0.15) is 5.60 Å². The molecule has 2 N–H and O–H groups in total. The molecule has 0 saturated heterocycles. The molecular formula is C17H27NO2. The Kier molecular flexibility index (Phi) is 5.35. The van der Waals surface area contributed by atoms with Crippen LogP contribution in [0.2, 0.25) is 0 Å². The van der Waals surface area contributed by atoms with Crippen LogP contribution in [0.5, 0.6) is 0 Å². The highest BCUT2D eigenvalue weighted by Gasteiger charge is 2.31. The Morgan fingerprint density at radius 2 is 1.75 bits per heavy atom. The van der Waals surface area contributed by atoms with E-state index in [0.717, 1.165) is 12.0 Å². The highest BCUT2D eigenvalue weighted by atomic mass is 16.3. The van der Waals surface area contributed by atoms with E-state index in [0.29, 0.717) is 5.92 Å². The lowest BCUT2D eigenvalue weighted by molar-refractivity contribution is -0.131. The third-order valence-corrected chi connectivity index (χ3v) is 3.52. The van der Waals surface area contributed by atoms with Crippen LogP contribution >= 0.6 is 0 Å². The molecule has 0 radical (unpaired) electrons. The summed E-state index contributed by atoms with van der Waals surface area (Å²) in [5.41, 5.74) is -0.659. The smallest absolute Gasteiger partial charge is 0.225 e. The Morgan fingerprint density at radius 3 is 2.25 bits per heavy atom. The first kappa shape index (κ1) is 16.7. The molecule has 1 aromatic carbocycles. The first-order valence-corrected chi connectivity index (χ1v) is 7.21. The van der Waals surface area contributed by atoms with Crippen LogP contribution in [0.15, 0.2) is 30.3 Å². The van der Waals surface area contributed by atoms with Crippen LogP contribution in [-0.4, -0.2) is 17.6 Å². The fraction of sp³-hybridized carbons (Fsp3) is 0.588. The Balaban J connectivity index is 2.65. The lowest BCUT2D eigenvalue weighted by Gasteiger charge is -2.29. The van der Waals surface area contributed by atoms with Crippen LogP contribution in [0.1, 0.15) is 46.6 Å². The molecule has 0 aromatic heterocycles. The van der Waals surface area contributed by atoms with Crippen molar-refractivity contribution >= 4 is 5.91 Å². The van der Waals surface area contributed by atoms with E-state index in [9.17, 15) is 9.90 Å². The third kappa shape index (κ3) is 4.64. The van der Waals surface area contributed by atoms with Crippen molar-refractivity contribution in [3.8, 4) is 0 Å². The molecule has 1 amide bonds. The monoisotopic (exact) mass is 277 g/mol. The van der Waals surface area contributed by atoms with Crippen LogP contribution in [0, 0.1) is 11.3 Å². The average molecular weight is 277 g/mol. The number of carbonyl (C=O) groups excluding carboxylic acids is 1. The molecule has 112 valence electrons. The number of hydrogen-bond acceptors (Lipinski definition) is 2. The summed E-state index contributed by atoms with van der Waals surface area (Å²) in [5.74, 6) is 0.452. The average Bonchev–Trinajstić information content (AvgIpc) is 2.35. The predicted molar refractivity (Wildman–Crippen MR) is 82.3 cm³/mol. The van der Waals surface area contributed by atoms with Crippen LogP contribution in [0.25, 0.3) is 0 Å². The van der Waals surface area contributed by atoms with Gasteiger partial charge in [-0.15, -0.1) is 0 Å². The minimum atomic E-state index is -1.05. The second kappa shape index (κ2) is 6.40. The fourth-order valence-electron chi connectivity index (χ4n) is 2.50. The largest absolute Gasteiger partial charge is 0.384 e. The highest BCUT2D eigenvalue weighted by Crippen LogP contribution is 2.26. The van der Waals surface area contributed by atoms with Crippen molar-refractivity contribution in [2.75, 3.05) is 6.54 Å². The van der Waals surface area contributed by atoms with E-state index >= 15 is 0 Å². The molecule has 1 atom stereocenters. The zero-order valence-corrected chi connectivity index (χ0v) is 13.2. The van der Waals surface area contributed by atoms with Gasteiger partial charge >= 0.3 is 0 Å². The lowest BCUT2D eigenvalue weighted by atomic mass is 9.83. The molecule has 20 heavy (non-hydrogen) atoms. The van der Waals surface area contributed by atoms with Crippen LogP contribution in [0.3, 0.4) is 0 Å². The maximum Gasteiger partial charge on any atom is 0.225 e. The molecule has 0 saturated carbocycles. The molecule has 0 bridgehead atoms. The molecule has 0 aliphatic rings. The first-order chi connectivity index (χ1) is 9.15. The quantitative estimate of drug-likeness (QED) is 0.839. The normalized spacial score (nSPS) is 14.9. The predicted octanol–water partition coefficient (Wildman–Crippen LogP) is 3.08. The molecule has 0 aliphatic carbocycles. The molecule has 0 heterocycles. The standard InChI is InChI=1S/C17H27NO2/c1-13(2)11-16(3,4)15(19)18-12-17(5,20)14-9-7-6-8-10-14/h6-10,13,20H,11-12H2,1-5H3,(H,18,19). The van der Waals surface area contributed by atoms with Crippen molar-refractivity contribution in [1.82, 2.24) is 5.32 Å². The van der Waals surface area contributed by atoms with E-state index in [1.807, 2.05) is 44.2 Å². The summed E-state index contributed by atoms with van der Waals surface area (Å²) in [7, 11) is 0. The van der Waals surface area contributed by atoms with Crippen LogP contribution < -0.4 is 5.32 Å². The van der Waals surface area contributed by atoms with E-state index < -0.39 is 11.0 Å². The van der Waals surface area contributed by atoms with Gasteiger partial charge in [-0.1, -0.05) is 58.0 Å². The number of rotatable bonds is 6. The molecular weight excluding hydrogens is 250 g/mol. The van der Waals surface area contributed by atoms with Crippen molar-refractivity contribution < 1.29 is 9.90 Å². The Morgan fingerprint density at radius 1 is 1.20 bits per heavy atom. The molecule has 1 aromatic rings. The minimum absolute atomic E-state index is 0.0117.